The summed E-state index contributed by atoms with van der Waals surface area (Å²) >= 11 is 0. The second-order valence-corrected chi connectivity index (χ2v) is 2.39. The molecule has 0 radical (unpaired) electrons. The van der Waals surface area contributed by atoms with E-state index in [4.69, 9.17) is 4.79 Å². The van der Waals surface area contributed by atoms with Gasteiger partial charge in [-0.25, -0.2) is 4.39 Å². The summed E-state index contributed by atoms with van der Waals surface area (Å²) in [7, 11) is 0. The highest BCUT2D eigenvalue weighted by molar-refractivity contribution is 5.75. The van der Waals surface area contributed by atoms with E-state index >= 15 is 0 Å². The Morgan fingerprint density at radius 2 is 1.55 bits per heavy atom. The first kappa shape index (κ1) is 7.92. The van der Waals surface area contributed by atoms with Gasteiger partial charge in [0.05, 0.1) is 0 Å². The smallest absolute Gasteiger partial charge is 0.153 e. The van der Waals surface area contributed by atoms with Gasteiger partial charge in [-0.15, -0.1) is 0 Å². The lowest BCUT2D eigenvalue weighted by Crippen LogP contribution is -1.89. The minimum absolute atomic E-state index is 0.250. The van der Waals surface area contributed by atoms with Gasteiger partial charge in [0, 0.05) is 0 Å². The molecule has 2 aliphatic rings. The van der Waals surface area contributed by atoms with Crippen molar-refractivity contribution in [2.45, 2.75) is 13.1 Å². The molecule has 0 aliphatic heterocycles. The van der Waals surface area contributed by atoms with Crippen molar-refractivity contribution >= 4 is 6.29 Å². The fourth-order valence-electron chi connectivity index (χ4n) is 0.663. The molecule has 0 N–H and O–H groups in total. The summed E-state index contributed by atoms with van der Waals surface area (Å²) < 4.78 is 11.1. The summed E-state index contributed by atoms with van der Waals surface area (Å²) in [4.78, 5) is 9.13. The van der Waals surface area contributed by atoms with Crippen LogP contribution in [0.4, 0.5) is 4.39 Å². The van der Waals surface area contributed by atoms with Crippen LogP contribution < -0.4 is 0 Å². The zero-order valence-corrected chi connectivity index (χ0v) is 6.25. The number of alkyl halides is 1. The lowest BCUT2D eigenvalue weighted by Gasteiger charge is -2.10. The van der Waals surface area contributed by atoms with Gasteiger partial charge in [-0.3, -0.25) is 0 Å². The molecule has 58 valence electrons. The summed E-state index contributed by atoms with van der Waals surface area (Å²) in [6.07, 6.45) is -1.05. The molecule has 1 unspecified atom stereocenters. The average Bonchev–Trinajstić information content (AvgIpc) is 1.98. The van der Waals surface area contributed by atoms with Crippen LogP contribution in [0.5, 0.6) is 0 Å². The summed E-state index contributed by atoms with van der Waals surface area (Å²) in [6.45, 7) is 1.19. The normalized spacial score (nSPS) is 12.5. The van der Waals surface area contributed by atoms with Crippen LogP contribution in [0.25, 0.3) is 11.1 Å². The minimum atomic E-state index is -1.30. The number of hydrogen-bond acceptors (Lipinski definition) is 1. The lowest BCUT2D eigenvalue weighted by atomic mass is 9.95. The number of fused-ring (bicyclic) bond motifs is 1. The predicted molar refractivity (Wildman–Crippen MR) is 42.1 cm³/mol. The first-order chi connectivity index (χ1) is 5.24. The molecule has 0 heterocycles. The Bertz CT molecular complexity index is 217. The molecular formula is C9H9FO. The van der Waals surface area contributed by atoms with Gasteiger partial charge in [-0.05, 0) is 18.1 Å². The van der Waals surface area contributed by atoms with Crippen molar-refractivity contribution in [2.75, 3.05) is 0 Å². The SMILES string of the molecule is CC(F)C=O.c1cc2ccc1-2. The molecule has 0 aromatic heterocycles. The van der Waals surface area contributed by atoms with Gasteiger partial charge >= 0.3 is 0 Å². The van der Waals surface area contributed by atoms with E-state index in [1.165, 1.54) is 18.1 Å². The van der Waals surface area contributed by atoms with Crippen molar-refractivity contribution < 1.29 is 9.18 Å². The number of carbonyl (C=O) groups excluding carboxylic acids is 1. The number of halogens is 1. The Balaban J connectivity index is 0.000000114. The maximum atomic E-state index is 11.1. The molecule has 0 aromatic rings. The van der Waals surface area contributed by atoms with Crippen LogP contribution in [-0.4, -0.2) is 12.5 Å². The van der Waals surface area contributed by atoms with Crippen molar-refractivity contribution in [3.63, 3.8) is 0 Å². The molecule has 0 saturated heterocycles. The van der Waals surface area contributed by atoms with Crippen LogP contribution in [0.2, 0.25) is 0 Å². The summed E-state index contributed by atoms with van der Waals surface area (Å²) in [5.41, 5.74) is 2.85. The zero-order chi connectivity index (χ0) is 8.27. The summed E-state index contributed by atoms with van der Waals surface area (Å²) in [6, 6.07) is 8.48. The maximum absolute atomic E-state index is 11.1. The van der Waals surface area contributed by atoms with Crippen LogP contribution in [0, 0.1) is 0 Å². The van der Waals surface area contributed by atoms with Gasteiger partial charge in [-0.2, -0.15) is 0 Å². The van der Waals surface area contributed by atoms with E-state index in [0.717, 1.165) is 0 Å². The zero-order valence-electron chi connectivity index (χ0n) is 6.25. The number of rotatable bonds is 1. The number of benzene rings is 1. The number of hydrogen-bond donors (Lipinski definition) is 0. The highest BCUT2D eigenvalue weighted by Gasteiger charge is 2.03. The van der Waals surface area contributed by atoms with Crippen LogP contribution in [0.15, 0.2) is 24.3 Å². The topological polar surface area (TPSA) is 17.1 Å². The van der Waals surface area contributed by atoms with Crippen LogP contribution in [-0.2, 0) is 4.79 Å². The maximum Gasteiger partial charge on any atom is 0.153 e. The standard InChI is InChI=1S/C6H4.C3H5FO/c1-2-6-4-3-5(1)6;1-3(4)2-5/h1-4H;2-3H,1H3. The highest BCUT2D eigenvalue weighted by Crippen LogP contribution is 2.29. The molecule has 0 saturated carbocycles. The van der Waals surface area contributed by atoms with Crippen molar-refractivity contribution in [1.82, 2.24) is 0 Å². The molecule has 1 nitrogen and oxygen atoms in total. The summed E-state index contributed by atoms with van der Waals surface area (Å²) in [5.74, 6) is 0. The summed E-state index contributed by atoms with van der Waals surface area (Å²) in [5, 5.41) is 0. The van der Waals surface area contributed by atoms with Crippen molar-refractivity contribution in [3.8, 4) is 11.1 Å². The molecule has 1 atom stereocenters. The molecule has 0 fully saturated rings. The van der Waals surface area contributed by atoms with Crippen molar-refractivity contribution in [2.24, 2.45) is 0 Å². The number of aldehydes is 1. The first-order valence-electron chi connectivity index (χ1n) is 3.44. The van der Waals surface area contributed by atoms with E-state index < -0.39 is 6.17 Å². The van der Waals surface area contributed by atoms with E-state index in [-0.39, 0.29) is 6.29 Å². The Morgan fingerprint density at radius 1 is 1.27 bits per heavy atom. The fraction of sp³-hybridized carbons (Fsp3) is 0.222. The Morgan fingerprint density at radius 3 is 1.55 bits per heavy atom. The van der Waals surface area contributed by atoms with Gasteiger partial charge in [0.25, 0.3) is 0 Å². The second-order valence-electron chi connectivity index (χ2n) is 2.39. The average molecular weight is 152 g/mol. The van der Waals surface area contributed by atoms with E-state index in [2.05, 4.69) is 24.3 Å². The highest BCUT2D eigenvalue weighted by atomic mass is 19.1. The third-order valence-electron chi connectivity index (χ3n) is 1.41. The third-order valence-corrected chi connectivity index (χ3v) is 1.41. The van der Waals surface area contributed by atoms with Crippen LogP contribution in [0.3, 0.4) is 0 Å². The van der Waals surface area contributed by atoms with Crippen LogP contribution >= 0.6 is 0 Å². The molecule has 2 heteroatoms. The molecule has 2 aliphatic carbocycles. The van der Waals surface area contributed by atoms with E-state index in [0.29, 0.717) is 0 Å². The predicted octanol–water partition coefficient (Wildman–Crippen LogP) is 2.21. The van der Waals surface area contributed by atoms with Crippen molar-refractivity contribution in [1.29, 1.82) is 0 Å². The molecule has 0 aromatic carbocycles. The van der Waals surface area contributed by atoms with Gasteiger partial charge in [0.2, 0.25) is 0 Å². The monoisotopic (exact) mass is 152 g/mol. The Kier molecular flexibility index (Phi) is 2.36. The molecule has 0 bridgehead atoms. The molecular weight excluding hydrogens is 143 g/mol. The number of carbonyl (C=O) groups is 1. The second kappa shape index (κ2) is 3.28. The van der Waals surface area contributed by atoms with Gasteiger partial charge < -0.3 is 4.79 Å². The molecule has 2 rings (SSSR count). The fourth-order valence-corrected chi connectivity index (χ4v) is 0.663. The van der Waals surface area contributed by atoms with Gasteiger partial charge in [0.1, 0.15) is 0 Å². The van der Waals surface area contributed by atoms with Crippen LogP contribution in [0.1, 0.15) is 6.92 Å². The molecule has 0 amide bonds. The Labute approximate surface area is 64.9 Å². The van der Waals surface area contributed by atoms with Gasteiger partial charge in [0.15, 0.2) is 12.5 Å². The quantitative estimate of drug-likeness (QED) is 0.572. The van der Waals surface area contributed by atoms with Crippen molar-refractivity contribution in [3.05, 3.63) is 24.3 Å². The minimum Gasteiger partial charge on any atom is -0.300 e. The van der Waals surface area contributed by atoms with E-state index in [1.54, 1.807) is 0 Å². The molecule has 11 heavy (non-hydrogen) atoms. The molecule has 0 spiro atoms. The first-order valence-corrected chi connectivity index (χ1v) is 3.44. The third kappa shape index (κ3) is 1.87. The van der Waals surface area contributed by atoms with E-state index in [1.807, 2.05) is 0 Å². The van der Waals surface area contributed by atoms with Gasteiger partial charge in [-0.1, -0.05) is 24.3 Å². The largest absolute Gasteiger partial charge is 0.300 e. The lowest BCUT2D eigenvalue weighted by molar-refractivity contribution is -0.111. The van der Waals surface area contributed by atoms with E-state index in [9.17, 15) is 4.39 Å². The Hall–Kier alpha value is -1.18.